The molecule has 0 saturated carbocycles. The zero-order chi connectivity index (χ0) is 18.6. The smallest absolute Gasteiger partial charge is 0.308 e. The highest BCUT2D eigenvalue weighted by Crippen LogP contribution is 2.33. The molecule has 1 amide bonds. The quantitative estimate of drug-likeness (QED) is 0.777. The van der Waals surface area contributed by atoms with E-state index in [1.54, 1.807) is 0 Å². The van der Waals surface area contributed by atoms with Crippen LogP contribution in [0.2, 0.25) is 5.02 Å². The largest absolute Gasteiger partial charge is 0.481 e. The van der Waals surface area contributed by atoms with Gasteiger partial charge in [0.25, 0.3) is 5.91 Å². The van der Waals surface area contributed by atoms with E-state index in [1.807, 2.05) is 6.92 Å². The number of carboxylic acid groups (broad SMARTS) is 1. The zero-order valence-electron chi connectivity index (χ0n) is 13.8. The molecular formula is C17H18ClFN2O4. The Morgan fingerprint density at radius 3 is 2.76 bits per heavy atom. The molecule has 2 N–H and O–H groups in total. The highest BCUT2D eigenvalue weighted by Gasteiger charge is 2.26. The molecule has 6 nitrogen and oxygen atoms in total. The molecule has 1 aromatic carbocycles. The number of aromatic nitrogens is 1. The number of aryl methyl sites for hydroxylation is 1. The molecule has 8 heteroatoms. The number of rotatable bonds is 7. The van der Waals surface area contributed by atoms with Crippen LogP contribution in [0.3, 0.4) is 0 Å². The van der Waals surface area contributed by atoms with E-state index in [4.69, 9.17) is 21.2 Å². The molecule has 25 heavy (non-hydrogen) atoms. The second kappa shape index (κ2) is 8.11. The summed E-state index contributed by atoms with van der Waals surface area (Å²) in [6.45, 7) is 3.33. The second-order valence-electron chi connectivity index (χ2n) is 5.59. The summed E-state index contributed by atoms with van der Waals surface area (Å²) in [4.78, 5) is 23.7. The molecule has 134 valence electrons. The molecule has 2 rings (SSSR count). The lowest BCUT2D eigenvalue weighted by atomic mass is 10.0. The van der Waals surface area contributed by atoms with Crippen molar-refractivity contribution in [3.63, 3.8) is 0 Å². The number of halogens is 2. The lowest BCUT2D eigenvalue weighted by molar-refractivity contribution is -0.141. The van der Waals surface area contributed by atoms with Crippen LogP contribution in [0.25, 0.3) is 11.3 Å². The van der Waals surface area contributed by atoms with Crippen LogP contribution in [0.5, 0.6) is 0 Å². The molecule has 0 aliphatic heterocycles. The van der Waals surface area contributed by atoms with Gasteiger partial charge >= 0.3 is 5.97 Å². The van der Waals surface area contributed by atoms with Gasteiger partial charge in [-0.3, -0.25) is 9.59 Å². The molecule has 0 radical (unpaired) electrons. The van der Waals surface area contributed by atoms with Crippen molar-refractivity contribution < 1.29 is 23.6 Å². The first-order chi connectivity index (χ1) is 11.9. The van der Waals surface area contributed by atoms with Crippen molar-refractivity contribution in [3.05, 3.63) is 40.4 Å². The van der Waals surface area contributed by atoms with Crippen LogP contribution in [0, 0.1) is 18.7 Å². The van der Waals surface area contributed by atoms with Gasteiger partial charge in [-0.25, -0.2) is 4.39 Å². The molecule has 0 bridgehead atoms. The van der Waals surface area contributed by atoms with Gasteiger partial charge in [0, 0.05) is 6.54 Å². The summed E-state index contributed by atoms with van der Waals surface area (Å²) in [6.07, 6.45) is 1.11. The van der Waals surface area contributed by atoms with Crippen molar-refractivity contribution in [2.75, 3.05) is 6.54 Å². The number of amides is 1. The highest BCUT2D eigenvalue weighted by atomic mass is 35.5. The standard InChI is InChI=1S/C17H18ClFN2O4/c1-3-5-10(17(23)24)8-20-16(22)13-9(2)25-21-15(13)14-11(18)6-4-7-12(14)19/h4,6-7,10H,3,5,8H2,1-2H3,(H,20,22)(H,23,24). The van der Waals surface area contributed by atoms with E-state index in [0.29, 0.717) is 12.8 Å². The van der Waals surface area contributed by atoms with E-state index in [2.05, 4.69) is 10.5 Å². The highest BCUT2D eigenvalue weighted by molar-refractivity contribution is 6.33. The number of nitrogens with one attached hydrogen (secondary N) is 1. The van der Waals surface area contributed by atoms with Gasteiger partial charge in [0.1, 0.15) is 22.8 Å². The van der Waals surface area contributed by atoms with Gasteiger partial charge in [-0.05, 0) is 25.5 Å². The first-order valence-electron chi connectivity index (χ1n) is 7.78. The van der Waals surface area contributed by atoms with Gasteiger partial charge in [0.2, 0.25) is 0 Å². The Labute approximate surface area is 149 Å². The van der Waals surface area contributed by atoms with E-state index in [1.165, 1.54) is 25.1 Å². The van der Waals surface area contributed by atoms with E-state index in [9.17, 15) is 14.0 Å². The number of hydrogen-bond donors (Lipinski definition) is 2. The van der Waals surface area contributed by atoms with Gasteiger partial charge in [0.05, 0.1) is 16.5 Å². The van der Waals surface area contributed by atoms with E-state index in [0.717, 1.165) is 0 Å². The van der Waals surface area contributed by atoms with E-state index in [-0.39, 0.29) is 34.1 Å². The maximum Gasteiger partial charge on any atom is 0.308 e. The molecule has 0 aliphatic carbocycles. The number of carbonyl (C=O) groups is 2. The molecular weight excluding hydrogens is 351 g/mol. The topological polar surface area (TPSA) is 92.4 Å². The fraction of sp³-hybridized carbons (Fsp3) is 0.353. The van der Waals surface area contributed by atoms with Crippen LogP contribution in [-0.2, 0) is 4.79 Å². The predicted octanol–water partition coefficient (Wildman–Crippen LogP) is 3.67. The molecule has 1 heterocycles. The van der Waals surface area contributed by atoms with Crippen molar-refractivity contribution in [3.8, 4) is 11.3 Å². The monoisotopic (exact) mass is 368 g/mol. The van der Waals surface area contributed by atoms with Crippen LogP contribution in [0.15, 0.2) is 22.7 Å². The zero-order valence-corrected chi connectivity index (χ0v) is 14.6. The minimum absolute atomic E-state index is 0.0135. The number of carboxylic acids is 1. The predicted molar refractivity (Wildman–Crippen MR) is 90.0 cm³/mol. The SMILES string of the molecule is CCCC(CNC(=O)c1c(-c2c(F)cccc2Cl)noc1C)C(=O)O. The minimum Gasteiger partial charge on any atom is -0.481 e. The molecule has 0 spiro atoms. The molecule has 1 unspecified atom stereocenters. The number of carbonyl (C=O) groups excluding carboxylic acids is 1. The Bertz CT molecular complexity index is 771. The molecule has 1 atom stereocenters. The van der Waals surface area contributed by atoms with Crippen LogP contribution in [0.1, 0.15) is 35.9 Å². The summed E-state index contributed by atoms with van der Waals surface area (Å²) in [7, 11) is 0. The Morgan fingerprint density at radius 2 is 2.16 bits per heavy atom. The van der Waals surface area contributed by atoms with Crippen molar-refractivity contribution in [2.24, 2.45) is 5.92 Å². The maximum atomic E-state index is 14.1. The molecule has 2 aromatic rings. The normalized spacial score (nSPS) is 12.0. The van der Waals surface area contributed by atoms with Gasteiger partial charge < -0.3 is 14.9 Å². The molecule has 0 saturated heterocycles. The average molecular weight is 369 g/mol. The number of hydrogen-bond acceptors (Lipinski definition) is 4. The van der Waals surface area contributed by atoms with Gasteiger partial charge in [-0.2, -0.15) is 0 Å². The first-order valence-corrected chi connectivity index (χ1v) is 8.16. The summed E-state index contributed by atoms with van der Waals surface area (Å²) in [5, 5.41) is 15.6. The Morgan fingerprint density at radius 1 is 1.44 bits per heavy atom. The third-order valence-electron chi connectivity index (χ3n) is 3.78. The number of aliphatic carboxylic acids is 1. The van der Waals surface area contributed by atoms with Crippen molar-refractivity contribution >= 4 is 23.5 Å². The summed E-state index contributed by atoms with van der Waals surface area (Å²) < 4.78 is 19.2. The van der Waals surface area contributed by atoms with Crippen molar-refractivity contribution in [1.29, 1.82) is 0 Å². The summed E-state index contributed by atoms with van der Waals surface area (Å²) in [5.41, 5.74) is -0.0115. The molecule has 0 aliphatic rings. The Balaban J connectivity index is 2.30. The van der Waals surface area contributed by atoms with Crippen molar-refractivity contribution in [1.82, 2.24) is 10.5 Å². The number of benzene rings is 1. The average Bonchev–Trinajstić information content (AvgIpc) is 2.92. The fourth-order valence-corrected chi connectivity index (χ4v) is 2.75. The second-order valence-corrected chi connectivity index (χ2v) is 6.00. The Hall–Kier alpha value is -2.41. The third-order valence-corrected chi connectivity index (χ3v) is 4.10. The van der Waals surface area contributed by atoms with Crippen LogP contribution in [0.4, 0.5) is 4.39 Å². The molecule has 1 aromatic heterocycles. The van der Waals surface area contributed by atoms with Crippen molar-refractivity contribution in [2.45, 2.75) is 26.7 Å². The van der Waals surface area contributed by atoms with Crippen LogP contribution >= 0.6 is 11.6 Å². The number of nitrogens with zero attached hydrogens (tertiary/aromatic N) is 1. The Kier molecular flexibility index (Phi) is 6.14. The lowest BCUT2D eigenvalue weighted by Crippen LogP contribution is -2.33. The van der Waals surface area contributed by atoms with Gasteiger partial charge in [-0.15, -0.1) is 0 Å². The fourth-order valence-electron chi connectivity index (χ4n) is 2.50. The summed E-state index contributed by atoms with van der Waals surface area (Å²) in [5.74, 6) is -2.72. The van der Waals surface area contributed by atoms with Gasteiger partial charge in [-0.1, -0.05) is 36.2 Å². The first kappa shape index (κ1) is 18.9. The van der Waals surface area contributed by atoms with E-state index >= 15 is 0 Å². The van der Waals surface area contributed by atoms with Crippen LogP contribution in [-0.4, -0.2) is 28.7 Å². The summed E-state index contributed by atoms with van der Waals surface area (Å²) >= 11 is 6.03. The summed E-state index contributed by atoms with van der Waals surface area (Å²) in [6, 6.07) is 4.12. The van der Waals surface area contributed by atoms with E-state index < -0.39 is 23.6 Å². The maximum absolute atomic E-state index is 14.1. The third kappa shape index (κ3) is 4.17. The lowest BCUT2D eigenvalue weighted by Gasteiger charge is -2.12. The van der Waals surface area contributed by atoms with Crippen LogP contribution < -0.4 is 5.32 Å². The molecule has 0 fully saturated rings. The van der Waals surface area contributed by atoms with Gasteiger partial charge in [0.15, 0.2) is 0 Å². The minimum atomic E-state index is -0.985.